The number of hydrogen-bond acceptors (Lipinski definition) is 4. The maximum atomic E-state index is 12.1. The number of aromatic amines is 1. The summed E-state index contributed by atoms with van der Waals surface area (Å²) in [4.78, 5) is 16.8. The van der Waals surface area contributed by atoms with Crippen LogP contribution in [0, 0.1) is 0 Å². The van der Waals surface area contributed by atoms with Gasteiger partial charge in [0.1, 0.15) is 11.6 Å². The molecule has 0 radical (unpaired) electrons. The monoisotopic (exact) mass is 306 g/mol. The predicted octanol–water partition coefficient (Wildman–Crippen LogP) is 2.25. The van der Waals surface area contributed by atoms with Crippen molar-refractivity contribution in [2.24, 2.45) is 4.99 Å². The number of ether oxygens (including phenoxy) is 1. The van der Waals surface area contributed by atoms with E-state index in [-0.39, 0.29) is 5.69 Å². The van der Waals surface area contributed by atoms with E-state index in [0.29, 0.717) is 12.2 Å². The fraction of sp³-hybridized carbons (Fsp3) is 0.118. The van der Waals surface area contributed by atoms with Gasteiger partial charge in [-0.3, -0.25) is 4.99 Å². The molecule has 2 aromatic carbocycles. The molecule has 4 rings (SSSR count). The zero-order valence-electron chi connectivity index (χ0n) is 12.5. The highest BCUT2D eigenvalue weighted by molar-refractivity contribution is 6.04. The van der Waals surface area contributed by atoms with E-state index in [0.717, 1.165) is 28.4 Å². The molecule has 2 heterocycles. The Bertz CT molecular complexity index is 951. The molecule has 0 aliphatic carbocycles. The van der Waals surface area contributed by atoms with Crippen LogP contribution in [0.4, 0.5) is 5.69 Å². The maximum absolute atomic E-state index is 12.1. The summed E-state index contributed by atoms with van der Waals surface area (Å²) in [5.41, 5.74) is 3.08. The Hall–Kier alpha value is -3.15. The van der Waals surface area contributed by atoms with Crippen molar-refractivity contribution < 1.29 is 4.74 Å². The Kier molecular flexibility index (Phi) is 3.08. The molecule has 1 aliphatic heterocycles. The minimum absolute atomic E-state index is 0.251. The molecular formula is C17H14N4O2. The zero-order chi connectivity index (χ0) is 15.8. The van der Waals surface area contributed by atoms with E-state index in [2.05, 4.69) is 10.2 Å². The van der Waals surface area contributed by atoms with E-state index >= 15 is 0 Å². The lowest BCUT2D eigenvalue weighted by Crippen LogP contribution is -2.17. The van der Waals surface area contributed by atoms with Gasteiger partial charge in [0.05, 0.1) is 30.6 Å². The number of fused-ring (bicyclic) bond motifs is 3. The van der Waals surface area contributed by atoms with Gasteiger partial charge >= 0.3 is 5.69 Å². The van der Waals surface area contributed by atoms with Crippen LogP contribution in [0.3, 0.4) is 0 Å². The van der Waals surface area contributed by atoms with Crippen molar-refractivity contribution in [1.29, 1.82) is 0 Å². The van der Waals surface area contributed by atoms with Crippen LogP contribution in [0.5, 0.6) is 5.75 Å². The van der Waals surface area contributed by atoms with Crippen LogP contribution in [0.25, 0.3) is 5.69 Å². The molecule has 0 amide bonds. The Labute approximate surface area is 132 Å². The van der Waals surface area contributed by atoms with E-state index in [4.69, 9.17) is 9.73 Å². The van der Waals surface area contributed by atoms with Crippen LogP contribution in [-0.4, -0.2) is 27.6 Å². The van der Waals surface area contributed by atoms with Gasteiger partial charge < -0.3 is 4.74 Å². The molecule has 0 bridgehead atoms. The summed E-state index contributed by atoms with van der Waals surface area (Å²) >= 11 is 0. The van der Waals surface area contributed by atoms with Gasteiger partial charge in [0.2, 0.25) is 0 Å². The Balaban J connectivity index is 1.90. The number of nitrogens with one attached hydrogen (secondary N) is 1. The van der Waals surface area contributed by atoms with Crippen molar-refractivity contribution in [2.45, 2.75) is 6.42 Å². The van der Waals surface area contributed by atoms with Crippen molar-refractivity contribution in [2.75, 3.05) is 7.11 Å². The molecule has 1 aliphatic rings. The van der Waals surface area contributed by atoms with Crippen molar-refractivity contribution in [3.05, 3.63) is 70.4 Å². The molecule has 6 nitrogen and oxygen atoms in total. The van der Waals surface area contributed by atoms with Crippen molar-refractivity contribution >= 4 is 11.4 Å². The van der Waals surface area contributed by atoms with Crippen molar-refractivity contribution in [3.63, 3.8) is 0 Å². The van der Waals surface area contributed by atoms with E-state index in [1.54, 1.807) is 11.7 Å². The van der Waals surface area contributed by atoms with Gasteiger partial charge in [-0.25, -0.2) is 14.5 Å². The fourth-order valence-electron chi connectivity index (χ4n) is 2.73. The van der Waals surface area contributed by atoms with Crippen molar-refractivity contribution in [3.8, 4) is 11.4 Å². The summed E-state index contributed by atoms with van der Waals surface area (Å²) < 4.78 is 6.77. The predicted molar refractivity (Wildman–Crippen MR) is 87.1 cm³/mol. The molecule has 6 heteroatoms. The highest BCUT2D eigenvalue weighted by atomic mass is 16.5. The first-order chi connectivity index (χ1) is 11.3. The summed E-state index contributed by atoms with van der Waals surface area (Å²) in [6, 6.07) is 15.3. The van der Waals surface area contributed by atoms with E-state index in [9.17, 15) is 4.79 Å². The summed E-state index contributed by atoms with van der Waals surface area (Å²) in [5.74, 6) is 1.44. The van der Waals surface area contributed by atoms with Crippen LogP contribution in [0.1, 0.15) is 11.4 Å². The van der Waals surface area contributed by atoms with Gasteiger partial charge in [0.25, 0.3) is 0 Å². The third-order valence-electron chi connectivity index (χ3n) is 3.87. The van der Waals surface area contributed by atoms with Crippen LogP contribution < -0.4 is 10.4 Å². The summed E-state index contributed by atoms with van der Waals surface area (Å²) in [6.45, 7) is 0. The topological polar surface area (TPSA) is 72.3 Å². The molecule has 0 atom stereocenters. The second-order valence-corrected chi connectivity index (χ2v) is 5.23. The first-order valence-corrected chi connectivity index (χ1v) is 7.24. The second kappa shape index (κ2) is 5.24. The molecule has 3 aromatic rings. The number of nitrogens with zero attached hydrogens (tertiary/aromatic N) is 3. The van der Waals surface area contributed by atoms with E-state index in [1.165, 1.54) is 0 Å². The highest BCUT2D eigenvalue weighted by Gasteiger charge is 2.20. The number of benzene rings is 2. The van der Waals surface area contributed by atoms with Crippen molar-refractivity contribution in [1.82, 2.24) is 14.8 Å². The van der Waals surface area contributed by atoms with E-state index < -0.39 is 0 Å². The lowest BCUT2D eigenvalue weighted by Gasteiger charge is -2.05. The number of para-hydroxylation sites is 2. The lowest BCUT2D eigenvalue weighted by molar-refractivity contribution is 0.415. The maximum Gasteiger partial charge on any atom is 0.348 e. The summed E-state index contributed by atoms with van der Waals surface area (Å²) in [5, 5.41) is 6.67. The molecular weight excluding hydrogens is 292 g/mol. The molecule has 23 heavy (non-hydrogen) atoms. The molecule has 1 aromatic heterocycles. The standard InChI is InChI=1S/C17H14N4O2/c1-23-12-8-6-11(7-9-12)14-10-16-19-20-17(22)21(16)15-5-3-2-4-13(15)18-14/h2-9H,10H2,1H3,(H,20,22). The van der Waals surface area contributed by atoms with Gasteiger partial charge in [0, 0.05) is 0 Å². The number of methoxy groups -OCH3 is 1. The third-order valence-corrected chi connectivity index (χ3v) is 3.87. The quantitative estimate of drug-likeness (QED) is 0.789. The molecule has 1 N–H and O–H groups in total. The summed E-state index contributed by atoms with van der Waals surface area (Å²) in [6.07, 6.45) is 0.472. The normalized spacial score (nSPS) is 12.8. The lowest BCUT2D eigenvalue weighted by atomic mass is 10.1. The first kappa shape index (κ1) is 13.5. The highest BCUT2D eigenvalue weighted by Crippen LogP contribution is 2.27. The minimum Gasteiger partial charge on any atom is -0.497 e. The van der Waals surface area contributed by atoms with Gasteiger partial charge in [0.15, 0.2) is 0 Å². The first-order valence-electron chi connectivity index (χ1n) is 7.24. The molecule has 0 fully saturated rings. The van der Waals surface area contributed by atoms with Crippen LogP contribution >= 0.6 is 0 Å². The third kappa shape index (κ3) is 2.24. The number of aromatic nitrogens is 3. The number of H-pyrrole nitrogens is 1. The molecule has 0 unspecified atom stereocenters. The second-order valence-electron chi connectivity index (χ2n) is 5.23. The van der Waals surface area contributed by atoms with Crippen LogP contribution in [0.2, 0.25) is 0 Å². The van der Waals surface area contributed by atoms with Crippen LogP contribution in [0.15, 0.2) is 58.3 Å². The summed E-state index contributed by atoms with van der Waals surface area (Å²) in [7, 11) is 1.64. The number of aliphatic imine (C=N–C) groups is 1. The van der Waals surface area contributed by atoms with Crippen LogP contribution in [-0.2, 0) is 6.42 Å². The largest absolute Gasteiger partial charge is 0.497 e. The minimum atomic E-state index is -0.251. The zero-order valence-corrected chi connectivity index (χ0v) is 12.5. The molecule has 114 valence electrons. The average Bonchev–Trinajstić information content (AvgIpc) is 2.86. The Morgan fingerprint density at radius 1 is 1.13 bits per heavy atom. The molecule has 0 spiro atoms. The fourth-order valence-corrected chi connectivity index (χ4v) is 2.73. The van der Waals surface area contributed by atoms with Gasteiger partial charge in [-0.05, 0) is 42.0 Å². The van der Waals surface area contributed by atoms with Gasteiger partial charge in [-0.2, -0.15) is 5.10 Å². The smallest absolute Gasteiger partial charge is 0.348 e. The van der Waals surface area contributed by atoms with E-state index in [1.807, 2.05) is 48.5 Å². The van der Waals surface area contributed by atoms with Gasteiger partial charge in [-0.15, -0.1) is 0 Å². The average molecular weight is 306 g/mol. The molecule has 0 saturated carbocycles. The molecule has 0 saturated heterocycles. The SMILES string of the molecule is COc1ccc(C2=Nc3ccccc3-n3c(n[nH]c3=O)C2)cc1. The Morgan fingerprint density at radius 2 is 1.91 bits per heavy atom. The Morgan fingerprint density at radius 3 is 2.70 bits per heavy atom. The number of rotatable bonds is 2. The van der Waals surface area contributed by atoms with Gasteiger partial charge in [-0.1, -0.05) is 12.1 Å². The number of hydrogen-bond donors (Lipinski definition) is 1.